The van der Waals surface area contributed by atoms with Crippen LogP contribution in [0.15, 0.2) is 101 Å². The van der Waals surface area contributed by atoms with Crippen molar-refractivity contribution in [2.24, 2.45) is 10.2 Å². The number of thiocarbonyl (C=S) groups is 1. The molecule has 0 fully saturated rings. The van der Waals surface area contributed by atoms with E-state index in [0.717, 1.165) is 22.0 Å². The second-order valence-corrected chi connectivity index (χ2v) is 8.67. The highest BCUT2D eigenvalue weighted by Gasteiger charge is 2.12. The molecular formula is C24H20N4O2S2. The molecule has 0 saturated carbocycles. The molecule has 3 aromatic carbocycles. The fraction of sp³-hybridized carbons (Fsp3) is 0.0417. The van der Waals surface area contributed by atoms with Crippen molar-refractivity contribution in [1.82, 2.24) is 10.3 Å². The fourth-order valence-electron chi connectivity index (χ4n) is 3.15. The SMILES string of the molecule is O=[S@](Cc1ccccc1)/C(=C/NC(=S)N=Nc1c(O)[nH]c2ccccc12)c1ccccc1. The van der Waals surface area contributed by atoms with Gasteiger partial charge in [-0.15, -0.1) is 10.2 Å². The van der Waals surface area contributed by atoms with Gasteiger partial charge in [0.1, 0.15) is 0 Å². The number of aromatic hydroxyl groups is 1. The molecule has 6 nitrogen and oxygen atoms in total. The summed E-state index contributed by atoms with van der Waals surface area (Å²) in [5.41, 5.74) is 2.86. The van der Waals surface area contributed by atoms with E-state index in [1.54, 1.807) is 6.20 Å². The first-order valence-electron chi connectivity index (χ1n) is 9.81. The van der Waals surface area contributed by atoms with E-state index in [4.69, 9.17) is 12.2 Å². The lowest BCUT2D eigenvalue weighted by Gasteiger charge is -2.09. The summed E-state index contributed by atoms with van der Waals surface area (Å²) in [6.07, 6.45) is 1.60. The van der Waals surface area contributed by atoms with E-state index in [1.807, 2.05) is 84.9 Å². The van der Waals surface area contributed by atoms with Gasteiger partial charge in [-0.2, -0.15) is 0 Å². The molecular weight excluding hydrogens is 440 g/mol. The normalized spacial score (nSPS) is 12.8. The highest BCUT2D eigenvalue weighted by atomic mass is 32.2. The van der Waals surface area contributed by atoms with Crippen LogP contribution in [0.4, 0.5) is 5.69 Å². The minimum Gasteiger partial charge on any atom is -0.493 e. The van der Waals surface area contributed by atoms with Crippen LogP contribution in [-0.4, -0.2) is 19.4 Å². The zero-order chi connectivity index (χ0) is 22.3. The third-order valence-electron chi connectivity index (χ3n) is 4.67. The number of nitrogens with zero attached hydrogens (tertiary/aromatic N) is 2. The monoisotopic (exact) mass is 460 g/mol. The number of fused-ring (bicyclic) bond motifs is 1. The van der Waals surface area contributed by atoms with E-state index in [9.17, 15) is 9.32 Å². The van der Waals surface area contributed by atoms with Crippen LogP contribution in [-0.2, 0) is 16.6 Å². The molecule has 0 amide bonds. The quantitative estimate of drug-likeness (QED) is 0.251. The Labute approximate surface area is 193 Å². The summed E-state index contributed by atoms with van der Waals surface area (Å²) in [6.45, 7) is 0. The molecule has 0 aliphatic carbocycles. The van der Waals surface area contributed by atoms with Crippen molar-refractivity contribution in [2.45, 2.75) is 5.75 Å². The van der Waals surface area contributed by atoms with E-state index < -0.39 is 10.8 Å². The Kier molecular flexibility index (Phi) is 6.84. The summed E-state index contributed by atoms with van der Waals surface area (Å²) in [5, 5.41) is 21.9. The molecule has 3 N–H and O–H groups in total. The van der Waals surface area contributed by atoms with E-state index in [1.165, 1.54) is 0 Å². The third-order valence-corrected chi connectivity index (χ3v) is 6.31. The molecule has 32 heavy (non-hydrogen) atoms. The summed E-state index contributed by atoms with van der Waals surface area (Å²) >= 11 is 5.27. The zero-order valence-corrected chi connectivity index (χ0v) is 18.6. The summed E-state index contributed by atoms with van der Waals surface area (Å²) in [5.74, 6) is 0.294. The maximum atomic E-state index is 13.1. The number of aromatic amines is 1. The molecule has 0 bridgehead atoms. The summed E-state index contributed by atoms with van der Waals surface area (Å²) < 4.78 is 13.1. The van der Waals surface area contributed by atoms with Crippen molar-refractivity contribution in [3.8, 4) is 5.88 Å². The van der Waals surface area contributed by atoms with Crippen LogP contribution in [0.2, 0.25) is 0 Å². The van der Waals surface area contributed by atoms with Gasteiger partial charge in [-0.05, 0) is 29.4 Å². The molecule has 0 aliphatic rings. The fourth-order valence-corrected chi connectivity index (χ4v) is 4.49. The third kappa shape index (κ3) is 5.16. The van der Waals surface area contributed by atoms with Crippen LogP contribution in [0, 0.1) is 0 Å². The molecule has 0 unspecified atom stereocenters. The number of hydrogen-bond acceptors (Lipinski definition) is 4. The molecule has 0 radical (unpaired) electrons. The highest BCUT2D eigenvalue weighted by molar-refractivity contribution is 7.93. The van der Waals surface area contributed by atoms with E-state index in [-0.39, 0.29) is 11.0 Å². The van der Waals surface area contributed by atoms with Crippen molar-refractivity contribution in [3.63, 3.8) is 0 Å². The smallest absolute Gasteiger partial charge is 0.218 e. The van der Waals surface area contributed by atoms with Gasteiger partial charge in [-0.1, -0.05) is 78.9 Å². The van der Waals surface area contributed by atoms with Gasteiger partial charge in [0.2, 0.25) is 11.0 Å². The number of para-hydroxylation sites is 1. The number of hydrogen-bond donors (Lipinski definition) is 3. The molecule has 4 rings (SSSR count). The molecule has 4 aromatic rings. The Balaban J connectivity index is 1.54. The summed E-state index contributed by atoms with van der Waals surface area (Å²) in [7, 11) is -1.31. The lowest BCUT2D eigenvalue weighted by Crippen LogP contribution is -2.13. The average molecular weight is 461 g/mol. The van der Waals surface area contributed by atoms with Crippen LogP contribution in [0.5, 0.6) is 5.88 Å². The molecule has 8 heteroatoms. The lowest BCUT2D eigenvalue weighted by molar-refractivity contribution is 0.459. The van der Waals surface area contributed by atoms with Gasteiger partial charge < -0.3 is 15.4 Å². The maximum Gasteiger partial charge on any atom is 0.218 e. The topological polar surface area (TPSA) is 89.8 Å². The largest absolute Gasteiger partial charge is 0.493 e. The lowest BCUT2D eigenvalue weighted by atomic mass is 10.2. The highest BCUT2D eigenvalue weighted by Crippen LogP contribution is 2.35. The van der Waals surface area contributed by atoms with Gasteiger partial charge in [0.05, 0.1) is 27.0 Å². The van der Waals surface area contributed by atoms with Crippen LogP contribution in [0.3, 0.4) is 0 Å². The number of benzene rings is 3. The second kappa shape index (κ2) is 10.1. The van der Waals surface area contributed by atoms with Crippen molar-refractivity contribution < 1.29 is 9.32 Å². The Bertz CT molecular complexity index is 1320. The Morgan fingerprint density at radius 1 is 1.00 bits per heavy atom. The number of azo groups is 1. The number of nitrogens with one attached hydrogen (secondary N) is 2. The number of aromatic nitrogens is 1. The van der Waals surface area contributed by atoms with Gasteiger partial charge in [0, 0.05) is 11.6 Å². The molecule has 1 atom stereocenters. The van der Waals surface area contributed by atoms with Gasteiger partial charge in [0.25, 0.3) is 0 Å². The van der Waals surface area contributed by atoms with Crippen molar-refractivity contribution in [1.29, 1.82) is 0 Å². The van der Waals surface area contributed by atoms with Crippen LogP contribution < -0.4 is 5.32 Å². The van der Waals surface area contributed by atoms with Crippen LogP contribution >= 0.6 is 12.2 Å². The number of H-pyrrole nitrogens is 1. The first kappa shape index (κ1) is 21.6. The minimum absolute atomic E-state index is 0.0813. The molecule has 0 spiro atoms. The van der Waals surface area contributed by atoms with Crippen LogP contribution in [0.1, 0.15) is 11.1 Å². The Morgan fingerprint density at radius 2 is 1.66 bits per heavy atom. The summed E-state index contributed by atoms with van der Waals surface area (Å²) in [4.78, 5) is 3.45. The molecule has 0 saturated heterocycles. The molecule has 1 aromatic heterocycles. The second-order valence-electron chi connectivity index (χ2n) is 6.87. The van der Waals surface area contributed by atoms with Crippen molar-refractivity contribution in [3.05, 3.63) is 102 Å². The van der Waals surface area contributed by atoms with E-state index in [2.05, 4.69) is 20.5 Å². The summed E-state index contributed by atoms with van der Waals surface area (Å²) in [6, 6.07) is 26.5. The van der Waals surface area contributed by atoms with E-state index >= 15 is 0 Å². The van der Waals surface area contributed by atoms with Crippen LogP contribution in [0.25, 0.3) is 15.8 Å². The standard InChI is InChI=1S/C24H20N4O2S2/c29-23-22(19-13-7-8-14-20(19)26-23)27-28-24(31)25-15-21(18-11-5-2-6-12-18)32(30)16-17-9-3-1-4-10-17/h1-15,26,29H,16H2,(H,25,31)/b21-15+,28-27?/t32-/m1/s1. The Hall–Kier alpha value is -3.62. The van der Waals surface area contributed by atoms with E-state index in [0.29, 0.717) is 16.3 Å². The maximum absolute atomic E-state index is 13.1. The zero-order valence-electron chi connectivity index (χ0n) is 16.9. The first-order valence-corrected chi connectivity index (χ1v) is 11.5. The predicted octanol–water partition coefficient (Wildman–Crippen LogP) is 5.78. The van der Waals surface area contributed by atoms with Crippen molar-refractivity contribution >= 4 is 49.6 Å². The van der Waals surface area contributed by atoms with Gasteiger partial charge in [0.15, 0.2) is 5.69 Å². The van der Waals surface area contributed by atoms with Gasteiger partial charge in [-0.25, -0.2) is 0 Å². The molecule has 0 aliphatic heterocycles. The number of rotatable bonds is 6. The minimum atomic E-state index is -1.31. The average Bonchev–Trinajstić information content (AvgIpc) is 3.14. The first-order chi connectivity index (χ1) is 15.6. The predicted molar refractivity (Wildman–Crippen MR) is 133 cm³/mol. The van der Waals surface area contributed by atoms with Gasteiger partial charge >= 0.3 is 0 Å². The van der Waals surface area contributed by atoms with Gasteiger partial charge in [-0.3, -0.25) is 4.21 Å². The molecule has 160 valence electrons. The van der Waals surface area contributed by atoms with Crippen molar-refractivity contribution in [2.75, 3.05) is 0 Å². The molecule has 1 heterocycles. The Morgan fingerprint density at radius 3 is 2.41 bits per heavy atom.